The minimum Gasteiger partial charge on any atom is -0.492 e. The molecular formula is C30H26N4O4. The SMILES string of the molecule is COC1=C(OC)c2nc1cc1ccc(cc3nc(cc4cc(-c5ccccc5)c(c2OC)n4OC)C=C3)[nH]1. The summed E-state index contributed by atoms with van der Waals surface area (Å²) in [6, 6.07) is 22.0. The van der Waals surface area contributed by atoms with Gasteiger partial charge in [0.15, 0.2) is 23.0 Å². The van der Waals surface area contributed by atoms with Gasteiger partial charge in [-0.2, -0.15) is 4.73 Å². The van der Waals surface area contributed by atoms with E-state index in [0.29, 0.717) is 34.2 Å². The van der Waals surface area contributed by atoms with Crippen molar-refractivity contribution in [2.75, 3.05) is 28.4 Å². The Labute approximate surface area is 219 Å². The van der Waals surface area contributed by atoms with Crippen molar-refractivity contribution in [2.24, 2.45) is 0 Å². The summed E-state index contributed by atoms with van der Waals surface area (Å²) in [5.41, 5.74) is 7.90. The van der Waals surface area contributed by atoms with Crippen LogP contribution >= 0.6 is 0 Å². The van der Waals surface area contributed by atoms with Crippen LogP contribution in [0.5, 0.6) is 5.75 Å². The highest BCUT2D eigenvalue weighted by Crippen LogP contribution is 2.41. The average molecular weight is 507 g/mol. The van der Waals surface area contributed by atoms with Gasteiger partial charge < -0.3 is 24.0 Å². The second-order valence-corrected chi connectivity index (χ2v) is 8.72. The predicted octanol–water partition coefficient (Wildman–Crippen LogP) is 5.81. The van der Waals surface area contributed by atoms with Gasteiger partial charge in [0.05, 0.1) is 38.2 Å². The van der Waals surface area contributed by atoms with Crippen LogP contribution in [-0.4, -0.2) is 48.1 Å². The fourth-order valence-corrected chi connectivity index (χ4v) is 4.86. The number of hydrogen-bond acceptors (Lipinski definition) is 6. The maximum Gasteiger partial charge on any atom is 0.192 e. The van der Waals surface area contributed by atoms with Crippen molar-refractivity contribution in [1.82, 2.24) is 19.7 Å². The van der Waals surface area contributed by atoms with Crippen molar-refractivity contribution < 1.29 is 19.0 Å². The first-order valence-electron chi connectivity index (χ1n) is 12.1. The van der Waals surface area contributed by atoms with Gasteiger partial charge in [0, 0.05) is 16.6 Å². The molecule has 0 saturated heterocycles. The minimum atomic E-state index is 0.466. The predicted molar refractivity (Wildman–Crippen MR) is 149 cm³/mol. The molecule has 2 aliphatic heterocycles. The van der Waals surface area contributed by atoms with Crippen molar-refractivity contribution in [2.45, 2.75) is 0 Å². The molecule has 8 bridgehead atoms. The third-order valence-corrected chi connectivity index (χ3v) is 6.49. The van der Waals surface area contributed by atoms with E-state index in [-0.39, 0.29) is 0 Å². The summed E-state index contributed by atoms with van der Waals surface area (Å²) >= 11 is 0. The number of benzene rings is 1. The molecule has 0 atom stereocenters. The molecule has 190 valence electrons. The Morgan fingerprint density at radius 2 is 1.42 bits per heavy atom. The second-order valence-electron chi connectivity index (χ2n) is 8.72. The Hall–Kier alpha value is -4.98. The van der Waals surface area contributed by atoms with E-state index >= 15 is 0 Å². The van der Waals surface area contributed by atoms with E-state index in [4.69, 9.17) is 29.0 Å². The topological polar surface area (TPSA) is 83.4 Å². The highest BCUT2D eigenvalue weighted by Gasteiger charge is 2.28. The molecule has 4 aromatic rings. The third kappa shape index (κ3) is 3.87. The van der Waals surface area contributed by atoms with E-state index in [1.165, 1.54) is 0 Å². The fourth-order valence-electron chi connectivity index (χ4n) is 4.86. The van der Waals surface area contributed by atoms with Gasteiger partial charge in [0.2, 0.25) is 0 Å². The van der Waals surface area contributed by atoms with Gasteiger partial charge in [-0.15, -0.1) is 0 Å². The number of hydrogen-bond donors (Lipinski definition) is 1. The maximum atomic E-state index is 6.06. The first-order chi connectivity index (χ1) is 18.6. The summed E-state index contributed by atoms with van der Waals surface area (Å²) < 4.78 is 19.4. The zero-order valence-electron chi connectivity index (χ0n) is 21.5. The number of H-pyrrole nitrogens is 1. The van der Waals surface area contributed by atoms with Crippen LogP contribution in [0.1, 0.15) is 22.8 Å². The number of nitrogens with zero attached hydrogens (tertiary/aromatic N) is 3. The van der Waals surface area contributed by atoms with Crippen LogP contribution in [0.15, 0.2) is 66.7 Å². The smallest absolute Gasteiger partial charge is 0.192 e. The van der Waals surface area contributed by atoms with Gasteiger partial charge >= 0.3 is 0 Å². The zero-order chi connectivity index (χ0) is 26.2. The molecule has 0 amide bonds. The normalized spacial score (nSPS) is 12.5. The second kappa shape index (κ2) is 9.48. The lowest BCUT2D eigenvalue weighted by molar-refractivity contribution is 0.188. The number of nitrogens with one attached hydrogen (secondary N) is 1. The lowest BCUT2D eigenvalue weighted by Crippen LogP contribution is -2.06. The molecule has 1 aromatic carbocycles. The third-order valence-electron chi connectivity index (χ3n) is 6.49. The molecule has 0 saturated carbocycles. The van der Waals surface area contributed by atoms with Gasteiger partial charge in [0.1, 0.15) is 18.3 Å². The Bertz CT molecular complexity index is 1760. The molecule has 0 radical (unpaired) electrons. The van der Waals surface area contributed by atoms with E-state index < -0.39 is 0 Å². The largest absolute Gasteiger partial charge is 0.492 e. The Kier molecular flexibility index (Phi) is 5.84. The molecule has 1 N–H and O–H groups in total. The molecule has 8 nitrogen and oxygen atoms in total. The molecule has 0 unspecified atom stereocenters. The lowest BCUT2D eigenvalue weighted by Gasteiger charge is -2.12. The van der Waals surface area contributed by atoms with E-state index in [1.54, 1.807) is 33.2 Å². The van der Waals surface area contributed by atoms with Crippen LogP contribution in [0.4, 0.5) is 0 Å². The molecule has 6 rings (SSSR count). The van der Waals surface area contributed by atoms with E-state index in [1.807, 2.05) is 72.8 Å². The maximum absolute atomic E-state index is 6.06. The van der Waals surface area contributed by atoms with Crippen molar-refractivity contribution in [1.29, 1.82) is 0 Å². The molecule has 38 heavy (non-hydrogen) atoms. The first-order valence-corrected chi connectivity index (χ1v) is 12.1. The molecule has 5 heterocycles. The van der Waals surface area contributed by atoms with Crippen LogP contribution in [0.2, 0.25) is 0 Å². The molecule has 2 aliphatic rings. The van der Waals surface area contributed by atoms with Crippen molar-refractivity contribution in [3.63, 3.8) is 0 Å². The van der Waals surface area contributed by atoms with E-state index in [9.17, 15) is 0 Å². The molecule has 0 fully saturated rings. The van der Waals surface area contributed by atoms with Crippen LogP contribution in [0, 0.1) is 0 Å². The average Bonchev–Trinajstić information content (AvgIpc) is 3.72. The standard InChI is InChI=1S/C30H26N4O4/c1-35-28-25-16-22-13-11-20(32-22)14-19-10-12-21(31-19)15-23-17-24(18-8-6-5-7-9-18)27(34(23)38-4)29(36-2)26(33-25)30(28)37-3/h5-17,32H,1-4H3. The van der Waals surface area contributed by atoms with Crippen LogP contribution in [0.25, 0.3) is 56.9 Å². The Morgan fingerprint density at radius 3 is 2.11 bits per heavy atom. The summed E-state index contributed by atoms with van der Waals surface area (Å²) in [5.74, 6) is 1.45. The van der Waals surface area contributed by atoms with Crippen molar-refractivity contribution in [3.8, 4) is 16.9 Å². The van der Waals surface area contributed by atoms with Crippen molar-refractivity contribution in [3.05, 3.63) is 89.5 Å². The lowest BCUT2D eigenvalue weighted by atomic mass is 10.1. The van der Waals surface area contributed by atoms with Gasteiger partial charge in [-0.3, -0.25) is 0 Å². The van der Waals surface area contributed by atoms with Crippen LogP contribution in [-0.2, 0) is 9.47 Å². The number of ether oxygens (including phenoxy) is 3. The summed E-state index contributed by atoms with van der Waals surface area (Å²) in [6.45, 7) is 0. The molecular weight excluding hydrogens is 480 g/mol. The highest BCUT2D eigenvalue weighted by molar-refractivity contribution is 5.96. The van der Waals surface area contributed by atoms with Gasteiger partial charge in [0.25, 0.3) is 0 Å². The summed E-state index contributed by atoms with van der Waals surface area (Å²) in [4.78, 5) is 19.1. The van der Waals surface area contributed by atoms with Gasteiger partial charge in [-0.25, -0.2) is 9.97 Å². The van der Waals surface area contributed by atoms with E-state index in [0.717, 1.165) is 39.1 Å². The number of rotatable bonds is 5. The summed E-state index contributed by atoms with van der Waals surface area (Å²) in [6.07, 6.45) is 3.96. The van der Waals surface area contributed by atoms with Gasteiger partial charge in [-0.1, -0.05) is 30.3 Å². The molecule has 8 heteroatoms. The first kappa shape index (κ1) is 23.4. The molecule has 0 aliphatic carbocycles. The Balaban J connectivity index is 1.85. The Morgan fingerprint density at radius 1 is 0.711 bits per heavy atom. The minimum absolute atomic E-state index is 0.466. The number of methoxy groups -OCH3 is 3. The highest BCUT2D eigenvalue weighted by atomic mass is 16.6. The number of fused-ring (bicyclic) bond motifs is 8. The monoisotopic (exact) mass is 506 g/mol. The quantitative estimate of drug-likeness (QED) is 0.324. The fraction of sp³-hybridized carbons (Fsp3) is 0.133. The molecule has 0 spiro atoms. The van der Waals surface area contributed by atoms with Crippen LogP contribution < -0.4 is 9.57 Å². The van der Waals surface area contributed by atoms with Crippen LogP contribution in [0.3, 0.4) is 0 Å². The van der Waals surface area contributed by atoms with Gasteiger partial charge in [-0.05, 0) is 54.1 Å². The number of aromatic nitrogens is 4. The number of aromatic amines is 1. The summed E-state index contributed by atoms with van der Waals surface area (Å²) in [7, 11) is 6.43. The van der Waals surface area contributed by atoms with E-state index in [2.05, 4.69) is 11.1 Å². The zero-order valence-corrected chi connectivity index (χ0v) is 21.5. The summed E-state index contributed by atoms with van der Waals surface area (Å²) in [5, 5.41) is 0. The van der Waals surface area contributed by atoms with Crippen molar-refractivity contribution >= 4 is 45.7 Å². The molecule has 3 aromatic heterocycles.